The summed E-state index contributed by atoms with van der Waals surface area (Å²) < 4.78 is 11.0. The fraction of sp³-hybridized carbons (Fsp3) is 0.700. The SMILES string of the molecule is CN(C)C(=O)CN=C(NCC1CCOC1)NCC(c1cccs1)N1CCOCC1. The Morgan fingerprint density at radius 1 is 1.31 bits per heavy atom. The summed E-state index contributed by atoms with van der Waals surface area (Å²) in [6.45, 7) is 6.62. The Bertz CT molecular complexity index is 641. The van der Waals surface area contributed by atoms with E-state index in [-0.39, 0.29) is 18.5 Å². The topological polar surface area (TPSA) is 78.4 Å². The molecule has 1 aromatic rings. The highest BCUT2D eigenvalue weighted by molar-refractivity contribution is 7.10. The monoisotopic (exact) mass is 423 g/mol. The molecule has 2 N–H and O–H groups in total. The van der Waals surface area contributed by atoms with Gasteiger partial charge < -0.3 is 25.0 Å². The molecule has 2 atom stereocenters. The zero-order chi connectivity index (χ0) is 20.5. The van der Waals surface area contributed by atoms with Gasteiger partial charge in [0, 0.05) is 57.7 Å². The molecule has 0 saturated carbocycles. The summed E-state index contributed by atoms with van der Waals surface area (Å²) >= 11 is 1.77. The molecule has 9 heteroatoms. The number of likely N-dealkylation sites (N-methyl/N-ethyl adjacent to an activating group) is 1. The molecular formula is C20H33N5O3S. The average Bonchev–Trinajstić information content (AvgIpc) is 3.44. The normalized spacial score (nSPS) is 21.7. The van der Waals surface area contributed by atoms with E-state index in [2.05, 4.69) is 38.0 Å². The molecule has 0 radical (unpaired) electrons. The summed E-state index contributed by atoms with van der Waals surface area (Å²) in [6.07, 6.45) is 1.06. The summed E-state index contributed by atoms with van der Waals surface area (Å²) in [5.41, 5.74) is 0. The minimum atomic E-state index is -0.0155. The van der Waals surface area contributed by atoms with Crippen LogP contribution in [0.5, 0.6) is 0 Å². The number of aliphatic imine (C=N–C) groups is 1. The van der Waals surface area contributed by atoms with Crippen molar-refractivity contribution in [3.05, 3.63) is 22.4 Å². The molecule has 3 heterocycles. The third-order valence-electron chi connectivity index (χ3n) is 5.27. The summed E-state index contributed by atoms with van der Waals surface area (Å²) in [5, 5.41) is 9.00. The summed E-state index contributed by atoms with van der Waals surface area (Å²) in [7, 11) is 3.50. The van der Waals surface area contributed by atoms with E-state index in [1.807, 2.05) is 0 Å². The number of guanidine groups is 1. The second-order valence-electron chi connectivity index (χ2n) is 7.62. The number of hydrogen-bond donors (Lipinski definition) is 2. The maximum Gasteiger partial charge on any atom is 0.243 e. The lowest BCUT2D eigenvalue weighted by molar-refractivity contribution is -0.127. The minimum absolute atomic E-state index is 0.0155. The van der Waals surface area contributed by atoms with Gasteiger partial charge in [0.2, 0.25) is 5.91 Å². The Morgan fingerprint density at radius 3 is 2.79 bits per heavy atom. The molecule has 2 aliphatic rings. The maximum absolute atomic E-state index is 12.0. The Kier molecular flexibility index (Phi) is 8.72. The van der Waals surface area contributed by atoms with Gasteiger partial charge in [-0.1, -0.05) is 6.07 Å². The van der Waals surface area contributed by atoms with Gasteiger partial charge in [0.1, 0.15) is 6.54 Å². The number of hydrogen-bond acceptors (Lipinski definition) is 6. The number of morpholine rings is 1. The standard InChI is InChI=1S/C20H33N5O3S/c1-24(2)19(26)14-23-20(21-12-16-5-8-28-15-16)22-13-17(18-4-3-11-29-18)25-6-9-27-10-7-25/h3-4,11,16-17H,5-10,12-15H2,1-2H3,(H2,21,22,23). The van der Waals surface area contributed by atoms with Gasteiger partial charge in [-0.15, -0.1) is 11.3 Å². The van der Waals surface area contributed by atoms with Crippen molar-refractivity contribution in [2.24, 2.45) is 10.9 Å². The molecule has 29 heavy (non-hydrogen) atoms. The van der Waals surface area contributed by atoms with Crippen LogP contribution in [0.2, 0.25) is 0 Å². The molecule has 2 aliphatic heterocycles. The second kappa shape index (κ2) is 11.5. The molecule has 1 amide bonds. The lowest BCUT2D eigenvalue weighted by atomic mass is 10.1. The number of ether oxygens (including phenoxy) is 2. The van der Waals surface area contributed by atoms with E-state index >= 15 is 0 Å². The molecule has 0 bridgehead atoms. The lowest BCUT2D eigenvalue weighted by Crippen LogP contribution is -2.47. The molecule has 0 aliphatic carbocycles. The summed E-state index contributed by atoms with van der Waals surface area (Å²) in [6, 6.07) is 4.53. The predicted octanol–water partition coefficient (Wildman–Crippen LogP) is 0.781. The van der Waals surface area contributed by atoms with Crippen LogP contribution in [0.4, 0.5) is 0 Å². The molecular weight excluding hydrogens is 390 g/mol. The Hall–Kier alpha value is -1.68. The highest BCUT2D eigenvalue weighted by atomic mass is 32.1. The molecule has 0 aromatic carbocycles. The number of amides is 1. The van der Waals surface area contributed by atoms with Gasteiger partial charge in [-0.3, -0.25) is 9.69 Å². The van der Waals surface area contributed by atoms with Gasteiger partial charge in [-0.05, 0) is 17.9 Å². The Labute approximate surface area is 177 Å². The van der Waals surface area contributed by atoms with Crippen molar-refractivity contribution in [2.75, 3.05) is 73.2 Å². The van der Waals surface area contributed by atoms with Crippen molar-refractivity contribution in [2.45, 2.75) is 12.5 Å². The number of nitrogens with one attached hydrogen (secondary N) is 2. The van der Waals surface area contributed by atoms with Crippen molar-refractivity contribution in [1.29, 1.82) is 0 Å². The van der Waals surface area contributed by atoms with E-state index in [9.17, 15) is 4.79 Å². The van der Waals surface area contributed by atoms with Crippen LogP contribution in [0.3, 0.4) is 0 Å². The number of carbonyl (C=O) groups is 1. The average molecular weight is 424 g/mol. The van der Waals surface area contributed by atoms with Crippen molar-refractivity contribution >= 4 is 23.2 Å². The molecule has 1 aromatic heterocycles. The van der Waals surface area contributed by atoms with Crippen LogP contribution in [0.25, 0.3) is 0 Å². The van der Waals surface area contributed by atoms with E-state index in [4.69, 9.17) is 9.47 Å². The van der Waals surface area contributed by atoms with Crippen molar-refractivity contribution in [1.82, 2.24) is 20.4 Å². The highest BCUT2D eigenvalue weighted by Gasteiger charge is 2.24. The number of thiophene rings is 1. The molecule has 0 spiro atoms. The van der Waals surface area contributed by atoms with Crippen LogP contribution in [-0.4, -0.2) is 94.9 Å². The van der Waals surface area contributed by atoms with Gasteiger partial charge in [0.15, 0.2) is 5.96 Å². The fourth-order valence-corrected chi connectivity index (χ4v) is 4.28. The zero-order valence-electron chi connectivity index (χ0n) is 17.4. The maximum atomic E-state index is 12.0. The van der Waals surface area contributed by atoms with E-state index < -0.39 is 0 Å². The number of rotatable bonds is 8. The molecule has 162 valence electrons. The molecule has 3 rings (SSSR count). The summed E-state index contributed by atoms with van der Waals surface area (Å²) in [5.74, 6) is 1.15. The van der Waals surface area contributed by atoms with Crippen molar-refractivity contribution in [3.63, 3.8) is 0 Å². The third-order valence-corrected chi connectivity index (χ3v) is 6.25. The van der Waals surface area contributed by atoms with E-state index in [1.165, 1.54) is 4.88 Å². The van der Waals surface area contributed by atoms with Crippen LogP contribution in [-0.2, 0) is 14.3 Å². The van der Waals surface area contributed by atoms with Gasteiger partial charge in [-0.25, -0.2) is 4.99 Å². The van der Waals surface area contributed by atoms with Crippen molar-refractivity contribution in [3.8, 4) is 0 Å². The molecule has 8 nitrogen and oxygen atoms in total. The first-order valence-electron chi connectivity index (χ1n) is 10.3. The van der Waals surface area contributed by atoms with E-state index in [1.54, 1.807) is 30.3 Å². The third kappa shape index (κ3) is 6.95. The van der Waals surface area contributed by atoms with E-state index in [0.29, 0.717) is 11.9 Å². The van der Waals surface area contributed by atoms with Gasteiger partial charge >= 0.3 is 0 Å². The van der Waals surface area contributed by atoms with Crippen LogP contribution in [0.15, 0.2) is 22.5 Å². The highest BCUT2D eigenvalue weighted by Crippen LogP contribution is 2.25. The first-order chi connectivity index (χ1) is 14.1. The van der Waals surface area contributed by atoms with Gasteiger partial charge in [-0.2, -0.15) is 0 Å². The Morgan fingerprint density at radius 2 is 2.14 bits per heavy atom. The largest absolute Gasteiger partial charge is 0.381 e. The zero-order valence-corrected chi connectivity index (χ0v) is 18.2. The predicted molar refractivity (Wildman–Crippen MR) is 115 cm³/mol. The smallest absolute Gasteiger partial charge is 0.243 e. The van der Waals surface area contributed by atoms with E-state index in [0.717, 1.165) is 59.0 Å². The Balaban J connectivity index is 1.63. The van der Waals surface area contributed by atoms with Gasteiger partial charge in [0.25, 0.3) is 0 Å². The quantitative estimate of drug-likeness (QED) is 0.475. The molecule has 2 unspecified atom stereocenters. The molecule has 2 fully saturated rings. The van der Waals surface area contributed by atoms with Crippen LogP contribution >= 0.6 is 11.3 Å². The molecule has 2 saturated heterocycles. The van der Waals surface area contributed by atoms with Gasteiger partial charge in [0.05, 0.1) is 25.9 Å². The summed E-state index contributed by atoms with van der Waals surface area (Å²) in [4.78, 5) is 21.9. The number of carbonyl (C=O) groups excluding carboxylic acids is 1. The van der Waals surface area contributed by atoms with Crippen molar-refractivity contribution < 1.29 is 14.3 Å². The lowest BCUT2D eigenvalue weighted by Gasteiger charge is -2.34. The van der Waals surface area contributed by atoms with Crippen LogP contribution < -0.4 is 10.6 Å². The van der Waals surface area contributed by atoms with Crippen LogP contribution in [0, 0.1) is 5.92 Å². The number of nitrogens with zero attached hydrogens (tertiary/aromatic N) is 3. The fourth-order valence-electron chi connectivity index (χ4n) is 3.42. The first-order valence-corrected chi connectivity index (χ1v) is 11.2. The minimum Gasteiger partial charge on any atom is -0.381 e. The second-order valence-corrected chi connectivity index (χ2v) is 8.60. The van der Waals surface area contributed by atoms with Crippen LogP contribution in [0.1, 0.15) is 17.3 Å². The first kappa shape index (κ1) is 22.0.